The first-order valence-electron chi connectivity index (χ1n) is 12.7. The Morgan fingerprint density at radius 2 is 2.13 bits per heavy atom. The van der Waals surface area contributed by atoms with Gasteiger partial charge in [-0.05, 0) is 33.3 Å². The first-order chi connectivity index (χ1) is 18.1. The highest BCUT2D eigenvalue weighted by Crippen LogP contribution is 2.47. The van der Waals surface area contributed by atoms with Gasteiger partial charge in [0, 0.05) is 18.1 Å². The van der Waals surface area contributed by atoms with Crippen LogP contribution in [0.15, 0.2) is 70.3 Å². The molecule has 0 aromatic carbocycles. The number of esters is 1. The van der Waals surface area contributed by atoms with E-state index in [0.717, 1.165) is 28.5 Å². The molecule has 7 atom stereocenters. The third kappa shape index (κ3) is 7.05. The van der Waals surface area contributed by atoms with Crippen molar-refractivity contribution in [2.75, 3.05) is 13.2 Å². The van der Waals surface area contributed by atoms with Crippen LogP contribution in [0.25, 0.3) is 0 Å². The Morgan fingerprint density at radius 3 is 2.82 bits per heavy atom. The maximum Gasteiger partial charge on any atom is 0.459 e. The average Bonchev–Trinajstić information content (AvgIpc) is 3.43. The van der Waals surface area contributed by atoms with Crippen LogP contribution in [0.4, 0.5) is 0 Å². The molecule has 0 radical (unpaired) electrons. The van der Waals surface area contributed by atoms with E-state index in [9.17, 15) is 14.5 Å². The maximum absolute atomic E-state index is 13.6. The van der Waals surface area contributed by atoms with Crippen LogP contribution in [0.5, 0.6) is 0 Å². The topological polar surface area (TPSA) is 132 Å². The molecule has 1 fully saturated rings. The van der Waals surface area contributed by atoms with E-state index in [2.05, 4.69) is 21.8 Å². The first kappa shape index (κ1) is 29.9. The van der Waals surface area contributed by atoms with E-state index in [-0.39, 0.29) is 24.9 Å². The minimum Gasteiger partial charge on any atom is -0.465 e. The number of nitrogens with one attached hydrogen (secondary N) is 2. The number of fused-ring (bicyclic) bond motifs is 1. The van der Waals surface area contributed by atoms with E-state index >= 15 is 0 Å². The first-order valence-corrected chi connectivity index (χ1v) is 14.3. The standard InChI is InChI=1S/C26H37N4O7P/c1-7-10-11-12-17(4)37-38(33,29-19(6)26(32)34-9-3)35-15-23-24(31)18(5)25(36-23)22-14-13-21-20(8-2)27-16-28-30(21)22/h7,10-14,16,18-19,23-25,31H,4,8-9,15H2,1-3,5-6H3,(H,29,33)/p+1. The lowest BCUT2D eigenvalue weighted by atomic mass is 9.96. The molecular weight excluding hydrogens is 511 g/mol. The Labute approximate surface area is 223 Å². The Kier molecular flexibility index (Phi) is 10.6. The number of hydrogen-bond donors (Lipinski definition) is 3. The number of aliphatic imine (C=N–C) groups is 1. The van der Waals surface area contributed by atoms with Gasteiger partial charge in [0.15, 0.2) is 17.7 Å². The molecule has 0 amide bonds. The molecule has 0 aromatic heterocycles. The molecule has 3 N–H and O–H groups in total. The highest BCUT2D eigenvalue weighted by atomic mass is 31.2. The second-order valence-corrected chi connectivity index (χ2v) is 10.7. The van der Waals surface area contributed by atoms with Crippen molar-refractivity contribution < 1.29 is 38.0 Å². The minimum absolute atomic E-state index is 0.0591. The number of rotatable bonds is 13. The van der Waals surface area contributed by atoms with Gasteiger partial charge in [-0.25, -0.2) is 9.56 Å². The van der Waals surface area contributed by atoms with Crippen molar-refractivity contribution in [2.45, 2.75) is 65.4 Å². The highest BCUT2D eigenvalue weighted by Gasteiger charge is 2.49. The largest absolute Gasteiger partial charge is 0.465 e. The van der Waals surface area contributed by atoms with E-state index in [1.165, 1.54) is 19.3 Å². The van der Waals surface area contributed by atoms with Crippen molar-refractivity contribution in [1.29, 1.82) is 0 Å². The fourth-order valence-electron chi connectivity index (χ4n) is 4.28. The number of aliphatic hydroxyl groups excluding tert-OH is 1. The molecule has 12 heteroatoms. The summed E-state index contributed by atoms with van der Waals surface area (Å²) in [6.07, 6.45) is 10.8. The van der Waals surface area contributed by atoms with Crippen molar-refractivity contribution in [1.82, 2.24) is 5.09 Å². The van der Waals surface area contributed by atoms with Crippen molar-refractivity contribution in [3.8, 4) is 0 Å². The molecule has 3 heterocycles. The van der Waals surface area contributed by atoms with E-state index in [1.54, 1.807) is 19.1 Å². The molecule has 7 unspecified atom stereocenters. The molecule has 0 saturated carbocycles. The molecule has 1 saturated heterocycles. The van der Waals surface area contributed by atoms with Crippen LogP contribution >= 0.6 is 7.75 Å². The Hall–Kier alpha value is -2.66. The monoisotopic (exact) mass is 549 g/mol. The van der Waals surface area contributed by atoms with Crippen LogP contribution < -0.4 is 10.1 Å². The zero-order valence-corrected chi connectivity index (χ0v) is 23.4. The van der Waals surface area contributed by atoms with Gasteiger partial charge in [0.25, 0.3) is 0 Å². The summed E-state index contributed by atoms with van der Waals surface area (Å²) in [6.45, 7) is 12.6. The summed E-state index contributed by atoms with van der Waals surface area (Å²) in [4.78, 5) is 16.5. The zero-order valence-electron chi connectivity index (χ0n) is 22.5. The number of ether oxygens (including phenoxy) is 2. The van der Waals surface area contributed by atoms with Gasteiger partial charge in [-0.1, -0.05) is 43.8 Å². The van der Waals surface area contributed by atoms with Crippen LogP contribution in [0.3, 0.4) is 0 Å². The van der Waals surface area contributed by atoms with Crippen LogP contribution in [0.1, 0.15) is 41.0 Å². The summed E-state index contributed by atoms with van der Waals surface area (Å²) in [5.74, 6) is -0.846. The van der Waals surface area contributed by atoms with Crippen molar-refractivity contribution in [3.63, 3.8) is 0 Å². The van der Waals surface area contributed by atoms with Gasteiger partial charge in [-0.2, -0.15) is 5.09 Å². The van der Waals surface area contributed by atoms with Crippen LogP contribution in [0.2, 0.25) is 0 Å². The lowest BCUT2D eigenvalue weighted by Gasteiger charge is -2.24. The van der Waals surface area contributed by atoms with Crippen LogP contribution in [-0.4, -0.2) is 60.7 Å². The lowest BCUT2D eigenvalue weighted by Crippen LogP contribution is -3.05. The van der Waals surface area contributed by atoms with Crippen molar-refractivity contribution in [2.24, 2.45) is 16.0 Å². The predicted molar refractivity (Wildman–Crippen MR) is 144 cm³/mol. The number of carbonyl (C=O) groups excluding carboxylic acids is 1. The summed E-state index contributed by atoms with van der Waals surface area (Å²) in [5.41, 5.74) is 2.74. The highest BCUT2D eigenvalue weighted by molar-refractivity contribution is 7.51. The molecule has 208 valence electrons. The number of allylic oxidation sites excluding steroid dienone is 7. The molecule has 3 aliphatic rings. The Morgan fingerprint density at radius 1 is 1.37 bits per heavy atom. The lowest BCUT2D eigenvalue weighted by molar-refractivity contribution is -0.823. The second kappa shape index (κ2) is 13.4. The molecule has 3 rings (SSSR count). The van der Waals surface area contributed by atoms with Gasteiger partial charge in [-0.3, -0.25) is 9.32 Å². The second-order valence-electron chi connectivity index (χ2n) is 9.01. The zero-order chi connectivity index (χ0) is 27.9. The van der Waals surface area contributed by atoms with Gasteiger partial charge >= 0.3 is 13.7 Å². The number of nitrogens with zero attached hydrogens (tertiary/aromatic N) is 2. The SMILES string of the molecule is C=C(C=CC=CC)OP(=O)(NC(C)C(=O)OCC)OCC1OC(C2=CC=C3C(CC)=NC=N[NH+]32)C(C)C1O. The molecule has 0 aliphatic carbocycles. The van der Waals surface area contributed by atoms with Gasteiger partial charge in [0.1, 0.15) is 29.7 Å². The summed E-state index contributed by atoms with van der Waals surface area (Å²) in [6, 6.07) is -0.989. The summed E-state index contributed by atoms with van der Waals surface area (Å²) >= 11 is 0. The maximum atomic E-state index is 13.6. The third-order valence-electron chi connectivity index (χ3n) is 6.25. The molecular formula is C26H38N4O7P+. The molecule has 38 heavy (non-hydrogen) atoms. The Bertz CT molecular complexity index is 1130. The number of quaternary nitrogens is 1. The van der Waals surface area contributed by atoms with Gasteiger partial charge < -0.3 is 19.1 Å². The Balaban J connectivity index is 1.70. The number of hydrogen-bond acceptors (Lipinski definition) is 9. The molecule has 0 bridgehead atoms. The predicted octanol–water partition coefficient (Wildman–Crippen LogP) is 2.55. The van der Waals surface area contributed by atoms with Gasteiger partial charge in [-0.15, -0.1) is 5.01 Å². The quantitative estimate of drug-likeness (QED) is 0.138. The smallest absolute Gasteiger partial charge is 0.459 e. The van der Waals surface area contributed by atoms with E-state index < -0.39 is 38.1 Å². The molecule has 11 nitrogen and oxygen atoms in total. The van der Waals surface area contributed by atoms with Crippen LogP contribution in [0, 0.1) is 5.92 Å². The van der Waals surface area contributed by atoms with Crippen molar-refractivity contribution in [3.05, 3.63) is 60.2 Å². The number of aliphatic hydroxyl groups is 1. The fourth-order valence-corrected chi connectivity index (χ4v) is 5.76. The van der Waals surface area contributed by atoms with E-state index in [1.807, 2.05) is 39.0 Å². The summed E-state index contributed by atoms with van der Waals surface area (Å²) < 4.78 is 36.1. The fraction of sp³-hybridized carbons (Fsp3) is 0.500. The van der Waals surface area contributed by atoms with E-state index in [4.69, 9.17) is 18.5 Å². The summed E-state index contributed by atoms with van der Waals surface area (Å²) in [7, 11) is -4.12. The average molecular weight is 550 g/mol. The molecule has 3 aliphatic heterocycles. The third-order valence-corrected chi connectivity index (χ3v) is 7.92. The van der Waals surface area contributed by atoms with Gasteiger partial charge in [0.2, 0.25) is 0 Å². The van der Waals surface area contributed by atoms with Crippen LogP contribution in [-0.2, 0) is 27.9 Å². The normalized spacial score (nSPS) is 29.0. The van der Waals surface area contributed by atoms with Gasteiger partial charge in [0.05, 0.1) is 19.3 Å². The van der Waals surface area contributed by atoms with Crippen molar-refractivity contribution >= 4 is 25.8 Å². The minimum atomic E-state index is -4.12. The summed E-state index contributed by atoms with van der Waals surface area (Å²) in [5, 5.41) is 18.8. The molecule has 0 aromatic rings. The van der Waals surface area contributed by atoms with E-state index in [0.29, 0.717) is 0 Å². The number of carbonyl (C=O) groups is 1. The molecule has 0 spiro atoms.